The molecule has 15 heteroatoms. The van der Waals surface area contributed by atoms with Gasteiger partial charge in [0.25, 0.3) is 0 Å². The Morgan fingerprint density at radius 2 is 1.98 bits per heavy atom. The highest BCUT2D eigenvalue weighted by Gasteiger charge is 2.49. The fraction of sp³-hybridized carbons (Fsp3) is 0.464. The summed E-state index contributed by atoms with van der Waals surface area (Å²) in [6, 6.07) is 8.29. The summed E-state index contributed by atoms with van der Waals surface area (Å²) in [6.45, 7) is 1.55. The van der Waals surface area contributed by atoms with Gasteiger partial charge in [-0.1, -0.05) is 6.07 Å². The zero-order valence-electron chi connectivity index (χ0n) is 23.1. The minimum absolute atomic E-state index is 0.0772. The van der Waals surface area contributed by atoms with Gasteiger partial charge < -0.3 is 15.0 Å². The summed E-state index contributed by atoms with van der Waals surface area (Å²) < 4.78 is 78.3. The van der Waals surface area contributed by atoms with E-state index < -0.39 is 49.6 Å². The lowest BCUT2D eigenvalue weighted by molar-refractivity contribution is -0.139. The molecule has 2 aliphatic carbocycles. The van der Waals surface area contributed by atoms with Crippen molar-refractivity contribution in [2.45, 2.75) is 79.6 Å². The molecule has 0 bridgehead atoms. The number of carbonyl (C=O) groups is 1. The molecule has 2 atom stereocenters. The van der Waals surface area contributed by atoms with Crippen molar-refractivity contribution in [2.75, 3.05) is 11.4 Å². The number of hydrogen-bond donors (Lipinski definition) is 1. The SMILES string of the molecule is Cc1cc(N2C[C@H](S(=O)(=O)c3ccc(-c4ccncn4)cc3C(F)(F)F)C[C@@H]2OC(=O)NC2(C#N)CC2)n(C2CCC2)n1. The molecule has 3 aromatic rings. The quantitative estimate of drug-likeness (QED) is 0.405. The number of halogens is 3. The normalized spacial score (nSPS) is 21.6. The summed E-state index contributed by atoms with van der Waals surface area (Å²) >= 11 is 0. The number of alkyl halides is 3. The largest absolute Gasteiger partial charge is 0.425 e. The average molecular weight is 616 g/mol. The van der Waals surface area contributed by atoms with Gasteiger partial charge in [-0.25, -0.2) is 27.9 Å². The van der Waals surface area contributed by atoms with Crippen LogP contribution in [-0.2, 0) is 20.8 Å². The van der Waals surface area contributed by atoms with Gasteiger partial charge in [-0.15, -0.1) is 0 Å². The second-order valence-corrected chi connectivity index (χ2v) is 13.4. The van der Waals surface area contributed by atoms with Crippen molar-refractivity contribution in [1.82, 2.24) is 25.1 Å². The van der Waals surface area contributed by atoms with Crippen LogP contribution in [0.25, 0.3) is 11.3 Å². The molecule has 3 aliphatic rings. The fourth-order valence-electron chi connectivity index (χ4n) is 5.50. The third-order valence-electron chi connectivity index (χ3n) is 8.22. The second kappa shape index (κ2) is 10.5. The number of anilines is 1. The van der Waals surface area contributed by atoms with E-state index in [1.54, 1.807) is 22.6 Å². The standard InChI is InChI=1S/C28H28F3N7O4S/c1-17-11-24(38(36-17)19-3-2-4-19)37-14-20(13-25(37)42-26(39)35-27(15-32)8-9-27)43(40,41)23-6-5-18(12-21(23)28(29,30)31)22-7-10-33-16-34-22/h5-7,10-12,16,19-20,25H,2-4,8-9,13-14H2,1H3,(H,35,39)/t20-,25+/m1/s1. The van der Waals surface area contributed by atoms with Crippen molar-refractivity contribution < 1.29 is 31.1 Å². The zero-order valence-corrected chi connectivity index (χ0v) is 23.9. The smallest absolute Gasteiger partial charge is 0.417 e. The average Bonchev–Trinajstić information content (AvgIpc) is 3.42. The molecular weight excluding hydrogens is 587 g/mol. The molecule has 3 heterocycles. The van der Waals surface area contributed by atoms with Gasteiger partial charge in [0.1, 0.15) is 17.7 Å². The van der Waals surface area contributed by atoms with E-state index >= 15 is 0 Å². The number of hydrogen-bond acceptors (Lipinski definition) is 9. The molecule has 43 heavy (non-hydrogen) atoms. The predicted molar refractivity (Wildman–Crippen MR) is 146 cm³/mol. The number of rotatable bonds is 7. The Balaban J connectivity index is 1.35. The number of aromatic nitrogens is 4. The van der Waals surface area contributed by atoms with E-state index in [0.717, 1.165) is 31.4 Å². The summed E-state index contributed by atoms with van der Waals surface area (Å²) in [5.41, 5.74) is -1.37. The molecule has 0 unspecified atom stereocenters. The number of sulfone groups is 1. The molecule has 1 aliphatic heterocycles. The summed E-state index contributed by atoms with van der Waals surface area (Å²) in [5.74, 6) is 0.522. The molecule has 11 nitrogen and oxygen atoms in total. The van der Waals surface area contributed by atoms with Crippen LogP contribution >= 0.6 is 0 Å². The first-order chi connectivity index (χ1) is 20.4. The van der Waals surface area contributed by atoms with Crippen molar-refractivity contribution in [3.8, 4) is 17.3 Å². The van der Waals surface area contributed by atoms with E-state index in [2.05, 4.69) is 20.4 Å². The summed E-state index contributed by atoms with van der Waals surface area (Å²) in [5, 5.41) is 15.1. The van der Waals surface area contributed by atoms with Crippen molar-refractivity contribution in [2.24, 2.45) is 0 Å². The Morgan fingerprint density at radius 1 is 1.21 bits per heavy atom. The Kier molecular flexibility index (Phi) is 7.07. The van der Waals surface area contributed by atoms with Crippen LogP contribution in [0.4, 0.5) is 23.8 Å². The number of nitrogens with one attached hydrogen (secondary N) is 1. The first-order valence-electron chi connectivity index (χ1n) is 13.8. The van der Waals surface area contributed by atoms with E-state index in [1.807, 2.05) is 6.07 Å². The number of amides is 1. The van der Waals surface area contributed by atoms with Gasteiger partial charge in [0.2, 0.25) is 0 Å². The van der Waals surface area contributed by atoms with Crippen LogP contribution in [0.5, 0.6) is 0 Å². The maximum atomic E-state index is 14.3. The molecule has 6 rings (SSSR count). The molecule has 2 saturated carbocycles. The topological polar surface area (TPSA) is 143 Å². The fourth-order valence-corrected chi connectivity index (χ4v) is 7.37. The van der Waals surface area contributed by atoms with Gasteiger partial charge in [0.05, 0.1) is 39.2 Å². The third kappa shape index (κ3) is 5.51. The van der Waals surface area contributed by atoms with Crippen LogP contribution in [-0.4, -0.2) is 57.8 Å². The Bertz CT molecular complexity index is 1700. The number of aryl methyl sites for hydroxylation is 1. The number of nitriles is 1. The molecule has 0 radical (unpaired) electrons. The minimum atomic E-state index is -4.98. The number of ether oxygens (including phenoxy) is 1. The van der Waals surface area contributed by atoms with Gasteiger partial charge in [-0.05, 0) is 57.2 Å². The van der Waals surface area contributed by atoms with Gasteiger partial charge in [-0.3, -0.25) is 0 Å². The Hall–Kier alpha value is -4.19. The molecule has 1 N–H and O–H groups in total. The molecule has 0 spiro atoms. The Morgan fingerprint density at radius 3 is 2.58 bits per heavy atom. The van der Waals surface area contributed by atoms with Gasteiger partial charge >= 0.3 is 12.3 Å². The molecule has 2 aromatic heterocycles. The van der Waals surface area contributed by atoms with Crippen molar-refractivity contribution in [3.05, 3.63) is 54.1 Å². The maximum absolute atomic E-state index is 14.3. The monoisotopic (exact) mass is 615 g/mol. The van der Waals surface area contributed by atoms with Crippen LogP contribution in [0, 0.1) is 18.3 Å². The maximum Gasteiger partial charge on any atom is 0.417 e. The predicted octanol–water partition coefficient (Wildman–Crippen LogP) is 4.55. The van der Waals surface area contributed by atoms with Crippen LogP contribution < -0.4 is 10.2 Å². The summed E-state index contributed by atoms with van der Waals surface area (Å²) in [6.07, 6.45) is -1.06. The van der Waals surface area contributed by atoms with Crippen LogP contribution in [0.2, 0.25) is 0 Å². The van der Waals surface area contributed by atoms with E-state index in [0.29, 0.717) is 24.4 Å². The number of alkyl carbamates (subject to hydrolysis) is 1. The second-order valence-electron chi connectivity index (χ2n) is 11.2. The van der Waals surface area contributed by atoms with E-state index in [-0.39, 0.29) is 30.3 Å². The van der Waals surface area contributed by atoms with Crippen molar-refractivity contribution in [3.63, 3.8) is 0 Å². The van der Waals surface area contributed by atoms with Crippen molar-refractivity contribution >= 4 is 21.7 Å². The van der Waals surface area contributed by atoms with Gasteiger partial charge in [0, 0.05) is 30.8 Å². The molecule has 226 valence electrons. The summed E-state index contributed by atoms with van der Waals surface area (Å²) in [7, 11) is -4.59. The number of carbonyl (C=O) groups excluding carboxylic acids is 1. The van der Waals surface area contributed by atoms with Gasteiger partial charge in [0.15, 0.2) is 16.1 Å². The van der Waals surface area contributed by atoms with E-state index in [1.165, 1.54) is 24.7 Å². The summed E-state index contributed by atoms with van der Waals surface area (Å²) in [4.78, 5) is 21.3. The van der Waals surface area contributed by atoms with Crippen LogP contribution in [0.15, 0.2) is 47.8 Å². The zero-order chi connectivity index (χ0) is 30.6. The third-order valence-corrected chi connectivity index (χ3v) is 10.4. The lowest BCUT2D eigenvalue weighted by Gasteiger charge is -2.32. The lowest BCUT2D eigenvalue weighted by atomic mass is 9.93. The van der Waals surface area contributed by atoms with E-state index in [4.69, 9.17) is 4.74 Å². The molecule has 1 amide bonds. The lowest BCUT2D eigenvalue weighted by Crippen LogP contribution is -2.42. The highest BCUT2D eigenvalue weighted by atomic mass is 32.2. The number of benzene rings is 1. The van der Waals surface area contributed by atoms with Crippen molar-refractivity contribution in [1.29, 1.82) is 5.26 Å². The highest BCUT2D eigenvalue weighted by Crippen LogP contribution is 2.42. The van der Waals surface area contributed by atoms with Crippen LogP contribution in [0.3, 0.4) is 0 Å². The van der Waals surface area contributed by atoms with Crippen LogP contribution in [0.1, 0.15) is 55.8 Å². The first kappa shape index (κ1) is 28.9. The molecule has 1 aromatic carbocycles. The van der Waals surface area contributed by atoms with E-state index in [9.17, 15) is 31.6 Å². The first-order valence-corrected chi connectivity index (χ1v) is 15.4. The molecule has 3 fully saturated rings. The van der Waals surface area contributed by atoms with Gasteiger partial charge in [-0.2, -0.15) is 23.5 Å². The minimum Gasteiger partial charge on any atom is -0.425 e. The highest BCUT2D eigenvalue weighted by molar-refractivity contribution is 7.92. The number of nitrogens with zero attached hydrogens (tertiary/aromatic N) is 6. The molecular formula is C28H28F3N7O4S. The molecule has 1 saturated heterocycles. The Labute approximate surface area is 245 Å².